The lowest BCUT2D eigenvalue weighted by atomic mass is 10.2. The van der Waals surface area contributed by atoms with Crippen LogP contribution in [0.15, 0.2) is 18.2 Å². The Hall–Kier alpha value is -1.66. The molecular weight excluding hydrogens is 250 g/mol. The fourth-order valence-corrected chi connectivity index (χ4v) is 1.64. The maximum Gasteiger partial charge on any atom is 0.311 e. The number of rotatable bonds is 8. The van der Waals surface area contributed by atoms with Gasteiger partial charge in [0.2, 0.25) is 0 Å². The molecule has 0 N–H and O–H groups in total. The molecule has 19 heavy (non-hydrogen) atoms. The lowest BCUT2D eigenvalue weighted by molar-refractivity contribution is -0.386. The standard InChI is InChI=1S/C13H19NO5/c1-4-17-12(18-5-2)9-19-13-10(3)7-6-8-11(13)14(15)16/h6-8,12H,4-5,9H2,1-3H3. The third-order valence-corrected chi connectivity index (χ3v) is 2.46. The van der Waals surface area contributed by atoms with Crippen molar-refractivity contribution in [2.75, 3.05) is 19.8 Å². The number of ether oxygens (including phenoxy) is 3. The average Bonchev–Trinajstić information content (AvgIpc) is 2.37. The van der Waals surface area contributed by atoms with Crippen molar-refractivity contribution in [2.45, 2.75) is 27.1 Å². The zero-order valence-electron chi connectivity index (χ0n) is 11.4. The summed E-state index contributed by atoms with van der Waals surface area (Å²) in [4.78, 5) is 10.5. The van der Waals surface area contributed by atoms with Crippen LogP contribution in [0, 0.1) is 17.0 Å². The highest BCUT2D eigenvalue weighted by Gasteiger charge is 2.19. The Morgan fingerprint density at radius 3 is 2.42 bits per heavy atom. The van der Waals surface area contributed by atoms with Crippen LogP contribution in [0.3, 0.4) is 0 Å². The summed E-state index contributed by atoms with van der Waals surface area (Å²) in [6.07, 6.45) is -0.519. The lowest BCUT2D eigenvalue weighted by Gasteiger charge is -2.18. The molecule has 0 radical (unpaired) electrons. The molecule has 0 atom stereocenters. The molecule has 6 heteroatoms. The molecular formula is C13H19NO5. The van der Waals surface area contributed by atoms with Crippen molar-refractivity contribution in [3.8, 4) is 5.75 Å². The summed E-state index contributed by atoms with van der Waals surface area (Å²) in [7, 11) is 0. The highest BCUT2D eigenvalue weighted by atomic mass is 16.7. The Bertz CT molecular complexity index is 415. The predicted molar refractivity (Wildman–Crippen MR) is 70.4 cm³/mol. The summed E-state index contributed by atoms with van der Waals surface area (Å²) in [5.41, 5.74) is 0.660. The highest BCUT2D eigenvalue weighted by molar-refractivity contribution is 5.51. The van der Waals surface area contributed by atoms with Crippen LogP contribution < -0.4 is 4.74 Å². The summed E-state index contributed by atoms with van der Waals surface area (Å²) in [6, 6.07) is 4.81. The number of aryl methyl sites for hydroxylation is 1. The van der Waals surface area contributed by atoms with Gasteiger partial charge in [0, 0.05) is 19.3 Å². The average molecular weight is 269 g/mol. The van der Waals surface area contributed by atoms with Gasteiger partial charge in [-0.05, 0) is 26.3 Å². The van der Waals surface area contributed by atoms with Gasteiger partial charge in [-0.2, -0.15) is 0 Å². The number of hydrogen-bond donors (Lipinski definition) is 0. The number of para-hydroxylation sites is 1. The van der Waals surface area contributed by atoms with Crippen molar-refractivity contribution in [2.24, 2.45) is 0 Å². The summed E-state index contributed by atoms with van der Waals surface area (Å²) in [5, 5.41) is 10.9. The number of nitro groups is 1. The first kappa shape index (κ1) is 15.4. The molecule has 0 aromatic heterocycles. The van der Waals surface area contributed by atoms with Crippen LogP contribution in [-0.2, 0) is 9.47 Å². The van der Waals surface area contributed by atoms with Gasteiger partial charge in [-0.25, -0.2) is 0 Å². The number of benzene rings is 1. The van der Waals surface area contributed by atoms with Crippen LogP contribution in [0.1, 0.15) is 19.4 Å². The van der Waals surface area contributed by atoms with E-state index in [0.717, 1.165) is 0 Å². The van der Waals surface area contributed by atoms with Crippen LogP contribution in [0.2, 0.25) is 0 Å². The summed E-state index contributed by atoms with van der Waals surface area (Å²) >= 11 is 0. The maximum atomic E-state index is 10.9. The summed E-state index contributed by atoms with van der Waals surface area (Å²) < 4.78 is 16.2. The first-order valence-corrected chi connectivity index (χ1v) is 6.20. The topological polar surface area (TPSA) is 70.8 Å². The van der Waals surface area contributed by atoms with E-state index in [4.69, 9.17) is 14.2 Å². The molecule has 0 aliphatic carbocycles. The first-order valence-electron chi connectivity index (χ1n) is 6.20. The number of hydrogen-bond acceptors (Lipinski definition) is 5. The van der Waals surface area contributed by atoms with Gasteiger partial charge in [0.25, 0.3) is 0 Å². The van der Waals surface area contributed by atoms with Crippen molar-refractivity contribution in [3.63, 3.8) is 0 Å². The molecule has 1 rings (SSSR count). The molecule has 1 aromatic rings. The van der Waals surface area contributed by atoms with Gasteiger partial charge in [0.1, 0.15) is 6.61 Å². The second kappa shape index (κ2) is 7.70. The minimum atomic E-state index is -0.519. The fraction of sp³-hybridized carbons (Fsp3) is 0.538. The van der Waals surface area contributed by atoms with Crippen molar-refractivity contribution >= 4 is 5.69 Å². The zero-order valence-corrected chi connectivity index (χ0v) is 11.4. The smallest absolute Gasteiger partial charge is 0.311 e. The monoisotopic (exact) mass is 269 g/mol. The minimum Gasteiger partial charge on any atom is -0.481 e. The number of nitro benzene ring substituents is 1. The van der Waals surface area contributed by atoms with E-state index in [1.54, 1.807) is 19.1 Å². The molecule has 6 nitrogen and oxygen atoms in total. The van der Waals surface area contributed by atoms with E-state index in [-0.39, 0.29) is 18.0 Å². The van der Waals surface area contributed by atoms with Crippen LogP contribution in [0.5, 0.6) is 5.75 Å². The summed E-state index contributed by atoms with van der Waals surface area (Å²) in [6.45, 7) is 6.56. The van der Waals surface area contributed by atoms with E-state index in [1.807, 2.05) is 13.8 Å². The predicted octanol–water partition coefficient (Wildman–Crippen LogP) is 2.68. The van der Waals surface area contributed by atoms with Crippen LogP contribution in [-0.4, -0.2) is 31.0 Å². The van der Waals surface area contributed by atoms with Crippen LogP contribution in [0.25, 0.3) is 0 Å². The molecule has 106 valence electrons. The van der Waals surface area contributed by atoms with Gasteiger partial charge >= 0.3 is 5.69 Å². The molecule has 1 aromatic carbocycles. The lowest BCUT2D eigenvalue weighted by Crippen LogP contribution is -2.25. The third kappa shape index (κ3) is 4.50. The molecule has 0 aliphatic rings. The van der Waals surface area contributed by atoms with E-state index in [2.05, 4.69) is 0 Å². The Balaban J connectivity index is 2.78. The largest absolute Gasteiger partial charge is 0.481 e. The second-order valence-electron chi connectivity index (χ2n) is 3.83. The van der Waals surface area contributed by atoms with Crippen molar-refractivity contribution in [1.29, 1.82) is 0 Å². The van der Waals surface area contributed by atoms with E-state index >= 15 is 0 Å². The SMILES string of the molecule is CCOC(COc1c(C)cccc1[N+](=O)[O-])OCC. The van der Waals surface area contributed by atoms with Crippen molar-refractivity contribution in [3.05, 3.63) is 33.9 Å². The van der Waals surface area contributed by atoms with E-state index in [1.165, 1.54) is 6.07 Å². The van der Waals surface area contributed by atoms with Gasteiger partial charge in [-0.1, -0.05) is 12.1 Å². The molecule has 0 saturated carbocycles. The quantitative estimate of drug-likeness (QED) is 0.412. The fourth-order valence-electron chi connectivity index (χ4n) is 1.64. The molecule has 0 amide bonds. The van der Waals surface area contributed by atoms with Gasteiger partial charge in [0.15, 0.2) is 12.0 Å². The van der Waals surface area contributed by atoms with Crippen molar-refractivity contribution < 1.29 is 19.1 Å². The summed E-state index contributed by atoms with van der Waals surface area (Å²) in [5.74, 6) is 0.261. The molecule has 0 heterocycles. The molecule has 0 unspecified atom stereocenters. The van der Waals surface area contributed by atoms with Crippen LogP contribution in [0.4, 0.5) is 5.69 Å². The van der Waals surface area contributed by atoms with Gasteiger partial charge < -0.3 is 14.2 Å². The minimum absolute atomic E-state index is 0.0493. The Kier molecular flexibility index (Phi) is 6.24. The van der Waals surface area contributed by atoms with Crippen LogP contribution >= 0.6 is 0 Å². The Labute approximate surface area is 112 Å². The third-order valence-electron chi connectivity index (χ3n) is 2.46. The molecule has 0 bridgehead atoms. The second-order valence-corrected chi connectivity index (χ2v) is 3.83. The highest BCUT2D eigenvalue weighted by Crippen LogP contribution is 2.30. The Morgan fingerprint density at radius 1 is 1.26 bits per heavy atom. The Morgan fingerprint density at radius 2 is 1.89 bits per heavy atom. The maximum absolute atomic E-state index is 10.9. The van der Waals surface area contributed by atoms with Crippen molar-refractivity contribution in [1.82, 2.24) is 0 Å². The van der Waals surface area contributed by atoms with Gasteiger partial charge in [0.05, 0.1) is 4.92 Å². The zero-order chi connectivity index (χ0) is 14.3. The van der Waals surface area contributed by atoms with E-state index in [9.17, 15) is 10.1 Å². The molecule has 0 fully saturated rings. The molecule has 0 aliphatic heterocycles. The normalized spacial score (nSPS) is 10.7. The number of nitrogens with zero attached hydrogens (tertiary/aromatic N) is 1. The van der Waals surface area contributed by atoms with Gasteiger partial charge in [-0.3, -0.25) is 10.1 Å². The first-order chi connectivity index (χ1) is 9.10. The molecule has 0 saturated heterocycles. The molecule has 0 spiro atoms. The van der Waals surface area contributed by atoms with Gasteiger partial charge in [-0.15, -0.1) is 0 Å². The van der Waals surface area contributed by atoms with E-state index < -0.39 is 11.2 Å². The van der Waals surface area contributed by atoms with E-state index in [0.29, 0.717) is 18.8 Å².